The second-order valence-corrected chi connectivity index (χ2v) is 7.61. The molecule has 32 heavy (non-hydrogen) atoms. The van der Waals surface area contributed by atoms with E-state index in [9.17, 15) is 9.59 Å². The maximum Gasteiger partial charge on any atom is 0.270 e. The Hall–Kier alpha value is -3.99. The largest absolute Gasteiger partial charge is 0.469 e. The van der Waals surface area contributed by atoms with Gasteiger partial charge >= 0.3 is 0 Å². The molecule has 8 heteroatoms. The molecule has 164 valence electrons. The highest BCUT2D eigenvalue weighted by atomic mass is 16.3. The van der Waals surface area contributed by atoms with E-state index in [2.05, 4.69) is 26.7 Å². The van der Waals surface area contributed by atoms with Crippen LogP contribution in [0.4, 0.5) is 0 Å². The third-order valence-electron chi connectivity index (χ3n) is 4.98. The van der Waals surface area contributed by atoms with E-state index in [-0.39, 0.29) is 23.9 Å². The molecule has 0 radical (unpaired) electrons. The van der Waals surface area contributed by atoms with E-state index in [1.807, 2.05) is 39.0 Å². The van der Waals surface area contributed by atoms with E-state index < -0.39 is 11.8 Å². The molecule has 0 aliphatic rings. The van der Waals surface area contributed by atoms with Gasteiger partial charge in [0.1, 0.15) is 23.5 Å². The van der Waals surface area contributed by atoms with Gasteiger partial charge in [-0.25, -0.2) is 9.97 Å². The standard InChI is InChI=1S/C24H25N5O3/c1-4-18-7-16(10-25)5-6-19(18)12-27-24(31)21-9-20(28-14-29-21)23(30)26-11-17-8-22(15(2)3)32-13-17/h5-9,13-15H,4,11-12H2,1-3H3,(H,26,30)(H,27,31). The predicted octanol–water partition coefficient (Wildman–Crippen LogP) is 3.49. The van der Waals surface area contributed by atoms with E-state index in [0.29, 0.717) is 12.1 Å². The molecule has 2 N–H and O–H groups in total. The molecule has 0 unspecified atom stereocenters. The third-order valence-corrected chi connectivity index (χ3v) is 4.98. The van der Waals surface area contributed by atoms with Crippen LogP contribution in [0.3, 0.4) is 0 Å². The number of rotatable bonds is 8. The van der Waals surface area contributed by atoms with Gasteiger partial charge in [0.25, 0.3) is 11.8 Å². The number of nitriles is 1. The van der Waals surface area contributed by atoms with Crippen molar-refractivity contribution >= 4 is 11.8 Å². The summed E-state index contributed by atoms with van der Waals surface area (Å²) in [4.78, 5) is 33.0. The third kappa shape index (κ3) is 5.58. The first-order valence-corrected chi connectivity index (χ1v) is 10.4. The fourth-order valence-corrected chi connectivity index (χ4v) is 3.13. The summed E-state index contributed by atoms with van der Waals surface area (Å²) >= 11 is 0. The number of aryl methyl sites for hydroxylation is 1. The van der Waals surface area contributed by atoms with Gasteiger partial charge in [0.2, 0.25) is 0 Å². The highest BCUT2D eigenvalue weighted by Crippen LogP contribution is 2.17. The molecule has 0 saturated heterocycles. The molecule has 2 heterocycles. The van der Waals surface area contributed by atoms with Crippen LogP contribution < -0.4 is 10.6 Å². The second-order valence-electron chi connectivity index (χ2n) is 7.61. The van der Waals surface area contributed by atoms with Crippen molar-refractivity contribution in [1.29, 1.82) is 5.26 Å². The molecule has 0 spiro atoms. The highest BCUT2D eigenvalue weighted by Gasteiger charge is 2.14. The van der Waals surface area contributed by atoms with Crippen LogP contribution in [-0.4, -0.2) is 21.8 Å². The quantitative estimate of drug-likeness (QED) is 0.563. The first-order valence-electron chi connectivity index (χ1n) is 10.4. The number of nitrogens with one attached hydrogen (secondary N) is 2. The van der Waals surface area contributed by atoms with Gasteiger partial charge < -0.3 is 15.1 Å². The Labute approximate surface area is 186 Å². The molecule has 0 bridgehead atoms. The molecule has 1 aromatic carbocycles. The van der Waals surface area contributed by atoms with Gasteiger partial charge in [0, 0.05) is 30.6 Å². The Morgan fingerprint density at radius 2 is 1.72 bits per heavy atom. The molecule has 3 aromatic rings. The van der Waals surface area contributed by atoms with Crippen molar-refractivity contribution in [3.8, 4) is 6.07 Å². The minimum Gasteiger partial charge on any atom is -0.469 e. The second kappa shape index (κ2) is 10.4. The van der Waals surface area contributed by atoms with Crippen LogP contribution in [-0.2, 0) is 19.5 Å². The topological polar surface area (TPSA) is 121 Å². The average Bonchev–Trinajstić information content (AvgIpc) is 3.30. The van der Waals surface area contributed by atoms with Crippen molar-refractivity contribution in [3.63, 3.8) is 0 Å². The van der Waals surface area contributed by atoms with Gasteiger partial charge in [-0.3, -0.25) is 9.59 Å². The molecule has 0 saturated carbocycles. The predicted molar refractivity (Wildman–Crippen MR) is 118 cm³/mol. The molecule has 0 fully saturated rings. The van der Waals surface area contributed by atoms with Crippen LogP contribution >= 0.6 is 0 Å². The molecule has 0 aliphatic heterocycles. The number of amides is 2. The van der Waals surface area contributed by atoms with Crippen molar-refractivity contribution in [1.82, 2.24) is 20.6 Å². The van der Waals surface area contributed by atoms with Crippen LogP contribution in [0.5, 0.6) is 0 Å². The van der Waals surface area contributed by atoms with Crippen molar-refractivity contribution < 1.29 is 14.0 Å². The SMILES string of the molecule is CCc1cc(C#N)ccc1CNC(=O)c1cc(C(=O)NCc2coc(C(C)C)c2)ncn1. The Balaban J connectivity index is 1.61. The first kappa shape index (κ1) is 22.7. The summed E-state index contributed by atoms with van der Waals surface area (Å²) in [6.07, 6.45) is 3.55. The monoisotopic (exact) mass is 431 g/mol. The number of furan rings is 1. The fraction of sp³-hybridized carbons (Fsp3) is 0.292. The van der Waals surface area contributed by atoms with E-state index in [0.717, 1.165) is 28.9 Å². The molecule has 8 nitrogen and oxygen atoms in total. The number of hydrogen-bond donors (Lipinski definition) is 2. The maximum atomic E-state index is 12.6. The van der Waals surface area contributed by atoms with E-state index in [1.54, 1.807) is 12.3 Å². The summed E-state index contributed by atoms with van der Waals surface area (Å²) in [7, 11) is 0. The zero-order valence-corrected chi connectivity index (χ0v) is 18.3. The minimum atomic E-state index is -0.413. The van der Waals surface area contributed by atoms with Crippen molar-refractivity contribution in [2.24, 2.45) is 0 Å². The van der Waals surface area contributed by atoms with Crippen molar-refractivity contribution in [2.75, 3.05) is 0 Å². The Bertz CT molecular complexity index is 1160. The lowest BCUT2D eigenvalue weighted by Crippen LogP contribution is -2.27. The lowest BCUT2D eigenvalue weighted by Gasteiger charge is -2.10. The number of carbonyl (C=O) groups excluding carboxylic acids is 2. The van der Waals surface area contributed by atoms with Crippen LogP contribution in [0.15, 0.2) is 47.3 Å². The van der Waals surface area contributed by atoms with Gasteiger partial charge in [0.15, 0.2) is 0 Å². The molecule has 2 amide bonds. The molecular formula is C24H25N5O3. The van der Waals surface area contributed by atoms with Gasteiger partial charge in [-0.2, -0.15) is 5.26 Å². The highest BCUT2D eigenvalue weighted by molar-refractivity contribution is 5.97. The Kier molecular flexibility index (Phi) is 7.34. The molecule has 3 rings (SSSR count). The lowest BCUT2D eigenvalue weighted by atomic mass is 10.0. The summed E-state index contributed by atoms with van der Waals surface area (Å²) < 4.78 is 5.46. The van der Waals surface area contributed by atoms with Crippen molar-refractivity contribution in [3.05, 3.63) is 82.3 Å². The Morgan fingerprint density at radius 1 is 1.03 bits per heavy atom. The van der Waals surface area contributed by atoms with Gasteiger partial charge in [0.05, 0.1) is 17.9 Å². The van der Waals surface area contributed by atoms with E-state index in [4.69, 9.17) is 9.68 Å². The molecular weight excluding hydrogens is 406 g/mol. The molecule has 0 aliphatic carbocycles. The van der Waals surface area contributed by atoms with Crippen LogP contribution in [0.25, 0.3) is 0 Å². The normalized spacial score (nSPS) is 10.6. The van der Waals surface area contributed by atoms with Crippen molar-refractivity contribution in [2.45, 2.75) is 46.2 Å². The number of hydrogen-bond acceptors (Lipinski definition) is 6. The smallest absolute Gasteiger partial charge is 0.270 e. The summed E-state index contributed by atoms with van der Waals surface area (Å²) in [5.41, 5.74) is 3.55. The lowest BCUT2D eigenvalue weighted by molar-refractivity contribution is 0.0944. The maximum absolute atomic E-state index is 12.6. The number of nitrogens with zero attached hydrogens (tertiary/aromatic N) is 3. The van der Waals surface area contributed by atoms with Gasteiger partial charge in [-0.1, -0.05) is 26.8 Å². The van der Waals surface area contributed by atoms with Gasteiger partial charge in [-0.15, -0.1) is 0 Å². The van der Waals surface area contributed by atoms with Crippen LogP contribution in [0.2, 0.25) is 0 Å². The molecule has 0 atom stereocenters. The summed E-state index contributed by atoms with van der Waals surface area (Å²) in [6, 6.07) is 10.7. The zero-order chi connectivity index (χ0) is 23.1. The van der Waals surface area contributed by atoms with Crippen LogP contribution in [0.1, 0.15) is 75.7 Å². The van der Waals surface area contributed by atoms with Crippen LogP contribution in [0, 0.1) is 11.3 Å². The molecule has 2 aromatic heterocycles. The van der Waals surface area contributed by atoms with E-state index in [1.165, 1.54) is 12.4 Å². The first-order chi connectivity index (χ1) is 15.4. The minimum absolute atomic E-state index is 0.0993. The number of aromatic nitrogens is 2. The summed E-state index contributed by atoms with van der Waals surface area (Å²) in [6.45, 7) is 6.62. The van der Waals surface area contributed by atoms with Gasteiger partial charge in [-0.05, 0) is 35.7 Å². The number of benzene rings is 1. The zero-order valence-electron chi connectivity index (χ0n) is 18.3. The summed E-state index contributed by atoms with van der Waals surface area (Å²) in [5, 5.41) is 14.6. The Morgan fingerprint density at radius 3 is 2.31 bits per heavy atom. The average molecular weight is 431 g/mol. The fourth-order valence-electron chi connectivity index (χ4n) is 3.13. The number of carbonyl (C=O) groups is 2. The summed E-state index contributed by atoms with van der Waals surface area (Å²) in [5.74, 6) is 0.294. The van der Waals surface area contributed by atoms with E-state index >= 15 is 0 Å².